The summed E-state index contributed by atoms with van der Waals surface area (Å²) in [7, 11) is 0. The van der Waals surface area contributed by atoms with Gasteiger partial charge in [-0.25, -0.2) is 0 Å². The van der Waals surface area contributed by atoms with Gasteiger partial charge in [-0.15, -0.1) is 0 Å². The Labute approximate surface area is 137 Å². The molecule has 4 rings (SSSR count). The molecule has 2 aromatic rings. The van der Waals surface area contributed by atoms with Crippen molar-refractivity contribution in [2.24, 2.45) is 0 Å². The number of anilines is 1. The smallest absolute Gasteiger partial charge is 0.258 e. The molecule has 2 aliphatic rings. The van der Waals surface area contributed by atoms with E-state index in [1.807, 2.05) is 24.3 Å². The molecule has 0 spiro atoms. The number of nitrogens with one attached hydrogen (secondary N) is 1. The summed E-state index contributed by atoms with van der Waals surface area (Å²) in [6.07, 6.45) is 2.15. The van der Waals surface area contributed by atoms with E-state index in [2.05, 4.69) is 43.1 Å². The molecular formula is C20H22N2O. The predicted molar refractivity (Wildman–Crippen MR) is 92.7 cm³/mol. The molecule has 1 heterocycles. The van der Waals surface area contributed by atoms with Crippen LogP contribution in [0.5, 0.6) is 0 Å². The molecule has 1 aliphatic heterocycles. The first kappa shape index (κ1) is 14.3. The van der Waals surface area contributed by atoms with Gasteiger partial charge in [0.05, 0.1) is 5.56 Å². The van der Waals surface area contributed by atoms with Crippen molar-refractivity contribution in [2.45, 2.75) is 45.8 Å². The summed E-state index contributed by atoms with van der Waals surface area (Å²) in [6.45, 7) is 6.41. The number of aryl methyl sites for hydroxylation is 3. The minimum atomic E-state index is -0.0656. The normalized spacial score (nSPS) is 20.2. The van der Waals surface area contributed by atoms with Crippen molar-refractivity contribution in [1.82, 2.24) is 4.90 Å². The number of carbonyl (C=O) groups is 1. The molecule has 1 atom stereocenters. The Bertz CT molecular complexity index is 792. The van der Waals surface area contributed by atoms with Crippen LogP contribution in [0.3, 0.4) is 0 Å². The quantitative estimate of drug-likeness (QED) is 0.895. The maximum Gasteiger partial charge on any atom is 0.258 e. The van der Waals surface area contributed by atoms with E-state index in [0.717, 1.165) is 24.1 Å². The summed E-state index contributed by atoms with van der Waals surface area (Å²) < 4.78 is 0. The molecule has 23 heavy (non-hydrogen) atoms. The molecule has 1 aliphatic carbocycles. The standard InChI is InChI=1S/C20H22N2O/c1-12-10-14(3)17(11-13(12)2)19-21-18-7-5-4-6-16(18)20(23)22(19)15-8-9-15/h4-7,10-11,15,19,21H,8-9H2,1-3H3. The third-order valence-corrected chi connectivity index (χ3v) is 5.08. The molecule has 118 valence electrons. The van der Waals surface area contributed by atoms with Gasteiger partial charge >= 0.3 is 0 Å². The van der Waals surface area contributed by atoms with Crippen LogP contribution in [-0.4, -0.2) is 16.8 Å². The maximum atomic E-state index is 13.0. The first-order valence-corrected chi connectivity index (χ1v) is 8.32. The van der Waals surface area contributed by atoms with Gasteiger partial charge in [0.1, 0.15) is 6.17 Å². The second-order valence-corrected chi connectivity index (χ2v) is 6.83. The number of rotatable bonds is 2. The summed E-state index contributed by atoms with van der Waals surface area (Å²) in [4.78, 5) is 15.1. The highest BCUT2D eigenvalue weighted by molar-refractivity contribution is 6.02. The molecule has 0 bridgehead atoms. The number of carbonyl (C=O) groups excluding carboxylic acids is 1. The Morgan fingerprint density at radius 1 is 1.00 bits per heavy atom. The first-order chi connectivity index (χ1) is 11.1. The number of fused-ring (bicyclic) bond motifs is 1. The van der Waals surface area contributed by atoms with E-state index >= 15 is 0 Å². The molecule has 1 amide bonds. The summed E-state index contributed by atoms with van der Waals surface area (Å²) in [5.74, 6) is 0.157. The molecule has 3 heteroatoms. The Balaban J connectivity index is 1.84. The maximum absolute atomic E-state index is 13.0. The van der Waals surface area contributed by atoms with Gasteiger partial charge in [0.25, 0.3) is 5.91 Å². The van der Waals surface area contributed by atoms with E-state index in [9.17, 15) is 4.79 Å². The van der Waals surface area contributed by atoms with Crippen molar-refractivity contribution in [3.63, 3.8) is 0 Å². The summed E-state index contributed by atoms with van der Waals surface area (Å²) in [5, 5.41) is 3.61. The van der Waals surface area contributed by atoms with E-state index in [1.165, 1.54) is 22.3 Å². The van der Waals surface area contributed by atoms with Crippen molar-refractivity contribution < 1.29 is 4.79 Å². The van der Waals surface area contributed by atoms with Crippen LogP contribution in [-0.2, 0) is 0 Å². The van der Waals surface area contributed by atoms with Crippen molar-refractivity contribution in [2.75, 3.05) is 5.32 Å². The largest absolute Gasteiger partial charge is 0.361 e. The molecular weight excluding hydrogens is 284 g/mol. The van der Waals surface area contributed by atoms with Gasteiger partial charge in [-0.1, -0.05) is 24.3 Å². The minimum Gasteiger partial charge on any atom is -0.361 e. The van der Waals surface area contributed by atoms with Crippen LogP contribution < -0.4 is 5.32 Å². The number of amides is 1. The van der Waals surface area contributed by atoms with Crippen LogP contribution in [0, 0.1) is 20.8 Å². The lowest BCUT2D eigenvalue weighted by Crippen LogP contribution is -2.44. The van der Waals surface area contributed by atoms with E-state index < -0.39 is 0 Å². The van der Waals surface area contributed by atoms with Crippen molar-refractivity contribution in [3.05, 3.63) is 64.2 Å². The predicted octanol–water partition coefficient (Wildman–Crippen LogP) is 4.34. The number of hydrogen-bond acceptors (Lipinski definition) is 2. The van der Waals surface area contributed by atoms with E-state index in [1.54, 1.807) is 0 Å². The Morgan fingerprint density at radius 3 is 2.43 bits per heavy atom. The second-order valence-electron chi connectivity index (χ2n) is 6.83. The van der Waals surface area contributed by atoms with Crippen LogP contribution in [0.2, 0.25) is 0 Å². The molecule has 3 nitrogen and oxygen atoms in total. The number of benzene rings is 2. The van der Waals surface area contributed by atoms with Crippen LogP contribution in [0.15, 0.2) is 36.4 Å². The molecule has 1 fully saturated rings. The molecule has 0 radical (unpaired) electrons. The molecule has 1 N–H and O–H groups in total. The van der Waals surface area contributed by atoms with Crippen molar-refractivity contribution in [3.8, 4) is 0 Å². The zero-order valence-corrected chi connectivity index (χ0v) is 13.9. The monoisotopic (exact) mass is 306 g/mol. The number of nitrogens with zero attached hydrogens (tertiary/aromatic N) is 1. The van der Waals surface area contributed by atoms with Gasteiger partial charge in [-0.05, 0) is 68.0 Å². The van der Waals surface area contributed by atoms with E-state index in [-0.39, 0.29) is 12.1 Å². The van der Waals surface area contributed by atoms with Gasteiger partial charge in [-0.2, -0.15) is 0 Å². The molecule has 0 aromatic heterocycles. The van der Waals surface area contributed by atoms with E-state index in [0.29, 0.717) is 6.04 Å². The first-order valence-electron chi connectivity index (χ1n) is 8.32. The average molecular weight is 306 g/mol. The summed E-state index contributed by atoms with van der Waals surface area (Å²) in [6, 6.07) is 12.7. The topological polar surface area (TPSA) is 32.3 Å². The molecule has 1 saturated carbocycles. The van der Waals surface area contributed by atoms with E-state index in [4.69, 9.17) is 0 Å². The highest BCUT2D eigenvalue weighted by Gasteiger charge is 2.42. The molecule has 2 aromatic carbocycles. The average Bonchev–Trinajstić information content (AvgIpc) is 3.35. The fourth-order valence-corrected chi connectivity index (χ4v) is 3.50. The molecule has 1 unspecified atom stereocenters. The third kappa shape index (κ3) is 2.31. The Morgan fingerprint density at radius 2 is 1.70 bits per heavy atom. The number of hydrogen-bond donors (Lipinski definition) is 1. The zero-order valence-electron chi connectivity index (χ0n) is 13.9. The SMILES string of the molecule is Cc1cc(C)c(C2Nc3ccccc3C(=O)N2C2CC2)cc1C. The summed E-state index contributed by atoms with van der Waals surface area (Å²) in [5.41, 5.74) is 6.75. The fraction of sp³-hybridized carbons (Fsp3) is 0.350. The van der Waals surface area contributed by atoms with Gasteiger partial charge in [0.15, 0.2) is 0 Å². The van der Waals surface area contributed by atoms with Crippen molar-refractivity contribution in [1.29, 1.82) is 0 Å². The third-order valence-electron chi connectivity index (χ3n) is 5.08. The van der Waals surface area contributed by atoms with Gasteiger partial charge in [0, 0.05) is 11.7 Å². The fourth-order valence-electron chi connectivity index (χ4n) is 3.50. The van der Waals surface area contributed by atoms with Gasteiger partial charge < -0.3 is 10.2 Å². The van der Waals surface area contributed by atoms with Crippen LogP contribution in [0.1, 0.15) is 51.6 Å². The lowest BCUT2D eigenvalue weighted by atomic mass is 9.96. The lowest BCUT2D eigenvalue weighted by molar-refractivity contribution is 0.0666. The molecule has 0 saturated heterocycles. The number of para-hydroxylation sites is 1. The minimum absolute atomic E-state index is 0.0656. The van der Waals surface area contributed by atoms with Crippen LogP contribution >= 0.6 is 0 Å². The van der Waals surface area contributed by atoms with Crippen molar-refractivity contribution >= 4 is 11.6 Å². The summed E-state index contributed by atoms with van der Waals surface area (Å²) >= 11 is 0. The van der Waals surface area contributed by atoms with Crippen LogP contribution in [0.25, 0.3) is 0 Å². The van der Waals surface area contributed by atoms with Gasteiger partial charge in [-0.3, -0.25) is 4.79 Å². The van der Waals surface area contributed by atoms with Crippen LogP contribution in [0.4, 0.5) is 5.69 Å². The Kier molecular flexibility index (Phi) is 3.19. The lowest BCUT2D eigenvalue weighted by Gasteiger charge is -2.39. The second kappa shape index (κ2) is 5.12. The highest BCUT2D eigenvalue weighted by atomic mass is 16.2. The highest BCUT2D eigenvalue weighted by Crippen LogP contribution is 2.41. The van der Waals surface area contributed by atoms with Gasteiger partial charge in [0.2, 0.25) is 0 Å². The Hall–Kier alpha value is -2.29. The zero-order chi connectivity index (χ0) is 16.1.